The van der Waals surface area contributed by atoms with Crippen LogP contribution in [0.4, 0.5) is 0 Å². The van der Waals surface area contributed by atoms with Gasteiger partial charge in [0.2, 0.25) is 0 Å². The third kappa shape index (κ3) is 2.76. The number of halogens is 1. The molecule has 0 spiro atoms. The molecule has 0 aliphatic carbocycles. The molecule has 0 unspecified atom stereocenters. The number of benzene rings is 1. The molecule has 0 saturated heterocycles. The number of rotatable bonds is 4. The maximum Gasteiger partial charge on any atom is 0.180 e. The molecule has 3 rings (SSSR count). The normalized spacial score (nSPS) is 10.6. The average Bonchev–Trinajstić information content (AvgIpc) is 2.84. The molecule has 22 heavy (non-hydrogen) atoms. The lowest BCUT2D eigenvalue weighted by atomic mass is 10.2. The Balaban J connectivity index is 1.89. The van der Waals surface area contributed by atoms with E-state index in [9.17, 15) is 0 Å². The zero-order valence-electron chi connectivity index (χ0n) is 12.1. The fourth-order valence-corrected chi connectivity index (χ4v) is 2.47. The van der Waals surface area contributed by atoms with Gasteiger partial charge < -0.3 is 4.74 Å². The number of fused-ring (bicyclic) bond motifs is 1. The van der Waals surface area contributed by atoms with Crippen LogP contribution < -0.4 is 4.74 Å². The molecule has 2 heterocycles. The molecule has 0 atom stereocenters. The van der Waals surface area contributed by atoms with Gasteiger partial charge in [0, 0.05) is 11.2 Å². The van der Waals surface area contributed by atoms with Crippen molar-refractivity contribution >= 4 is 17.2 Å². The summed E-state index contributed by atoms with van der Waals surface area (Å²) in [7, 11) is 0. The highest BCUT2D eigenvalue weighted by atomic mass is 35.5. The van der Waals surface area contributed by atoms with Crippen LogP contribution in [0.5, 0.6) is 5.75 Å². The number of nitriles is 1. The Hall–Kier alpha value is -2.51. The summed E-state index contributed by atoms with van der Waals surface area (Å²) >= 11 is 5.88. The van der Waals surface area contributed by atoms with Gasteiger partial charge in [0.15, 0.2) is 11.4 Å². The second kappa shape index (κ2) is 6.08. The third-order valence-electron chi connectivity index (χ3n) is 3.47. The van der Waals surface area contributed by atoms with Crippen molar-refractivity contribution in [1.29, 1.82) is 5.26 Å². The molecule has 0 amide bonds. The van der Waals surface area contributed by atoms with Gasteiger partial charge in [0.05, 0.1) is 23.9 Å². The first kappa shape index (κ1) is 14.4. The van der Waals surface area contributed by atoms with Crippen molar-refractivity contribution in [3.8, 4) is 11.8 Å². The molecular weight excluding hydrogens is 298 g/mol. The Morgan fingerprint density at radius 2 is 2.05 bits per heavy atom. The first-order valence-electron chi connectivity index (χ1n) is 6.90. The largest absolute Gasteiger partial charge is 0.485 e. The van der Waals surface area contributed by atoms with Crippen LogP contribution in [0.1, 0.15) is 17.0 Å². The van der Waals surface area contributed by atoms with Gasteiger partial charge in [-0.1, -0.05) is 23.7 Å². The quantitative estimate of drug-likeness (QED) is 0.733. The number of aryl methyl sites for hydroxylation is 1. The topological polar surface area (TPSA) is 50.3 Å². The summed E-state index contributed by atoms with van der Waals surface area (Å²) in [6.07, 6.45) is 2.23. The molecule has 0 fully saturated rings. The van der Waals surface area contributed by atoms with E-state index < -0.39 is 0 Å². The highest BCUT2D eigenvalue weighted by Crippen LogP contribution is 2.23. The van der Waals surface area contributed by atoms with E-state index in [2.05, 4.69) is 11.1 Å². The average molecular weight is 312 g/mol. The van der Waals surface area contributed by atoms with E-state index in [1.54, 1.807) is 0 Å². The molecule has 0 aliphatic rings. The minimum absolute atomic E-state index is 0.327. The van der Waals surface area contributed by atoms with E-state index in [-0.39, 0.29) is 0 Å². The first-order chi connectivity index (χ1) is 10.7. The van der Waals surface area contributed by atoms with Crippen LogP contribution in [-0.2, 0) is 13.0 Å². The van der Waals surface area contributed by atoms with Crippen molar-refractivity contribution < 1.29 is 4.74 Å². The van der Waals surface area contributed by atoms with Crippen LogP contribution >= 0.6 is 11.6 Å². The van der Waals surface area contributed by atoms with Crippen molar-refractivity contribution in [2.45, 2.75) is 20.0 Å². The minimum Gasteiger partial charge on any atom is -0.485 e. The molecule has 0 bridgehead atoms. The molecule has 0 aliphatic heterocycles. The van der Waals surface area contributed by atoms with Crippen LogP contribution in [0.3, 0.4) is 0 Å². The zero-order valence-corrected chi connectivity index (χ0v) is 12.8. The maximum absolute atomic E-state index is 8.93. The van der Waals surface area contributed by atoms with Crippen molar-refractivity contribution in [1.82, 2.24) is 9.38 Å². The van der Waals surface area contributed by atoms with Crippen LogP contribution in [0.2, 0.25) is 5.02 Å². The van der Waals surface area contributed by atoms with Gasteiger partial charge in [-0.15, -0.1) is 0 Å². The number of nitrogens with zero attached hydrogens (tertiary/aromatic N) is 3. The van der Waals surface area contributed by atoms with E-state index in [1.165, 1.54) is 0 Å². The SMILES string of the molecule is Cc1nc2c(OCc3ccc(Cl)cc3)cccn2c1CC#N. The molecule has 0 radical (unpaired) electrons. The molecule has 1 aromatic carbocycles. The second-order valence-corrected chi connectivity index (χ2v) is 5.40. The predicted octanol–water partition coefficient (Wildman–Crippen LogP) is 3.94. The number of hydrogen-bond donors (Lipinski definition) is 0. The van der Waals surface area contributed by atoms with Gasteiger partial charge in [0.1, 0.15) is 6.61 Å². The van der Waals surface area contributed by atoms with Crippen LogP contribution in [0, 0.1) is 18.3 Å². The van der Waals surface area contributed by atoms with Gasteiger partial charge in [-0.25, -0.2) is 4.98 Å². The molecule has 2 aromatic heterocycles. The molecular formula is C17H14ClN3O. The smallest absolute Gasteiger partial charge is 0.180 e. The number of hydrogen-bond acceptors (Lipinski definition) is 3. The number of aromatic nitrogens is 2. The van der Waals surface area contributed by atoms with Gasteiger partial charge in [0.25, 0.3) is 0 Å². The van der Waals surface area contributed by atoms with Gasteiger partial charge >= 0.3 is 0 Å². The predicted molar refractivity (Wildman–Crippen MR) is 85.0 cm³/mol. The first-order valence-corrected chi connectivity index (χ1v) is 7.27. The van der Waals surface area contributed by atoms with Crippen molar-refractivity contribution in [3.63, 3.8) is 0 Å². The third-order valence-corrected chi connectivity index (χ3v) is 3.72. The highest BCUT2D eigenvalue weighted by molar-refractivity contribution is 6.30. The van der Waals surface area contributed by atoms with E-state index in [0.717, 1.165) is 22.6 Å². The van der Waals surface area contributed by atoms with E-state index in [0.29, 0.717) is 23.8 Å². The summed E-state index contributed by atoms with van der Waals surface area (Å²) in [5, 5.41) is 9.64. The summed E-state index contributed by atoms with van der Waals surface area (Å²) in [6.45, 7) is 2.35. The second-order valence-electron chi connectivity index (χ2n) is 4.96. The van der Waals surface area contributed by atoms with Crippen molar-refractivity contribution in [2.75, 3.05) is 0 Å². The standard InChI is InChI=1S/C17H14ClN3O/c1-12-15(8-9-19)21-10-2-3-16(17(21)20-12)22-11-13-4-6-14(18)7-5-13/h2-7,10H,8,11H2,1H3. The molecule has 3 aromatic rings. The van der Waals surface area contributed by atoms with Gasteiger partial charge in [-0.2, -0.15) is 5.26 Å². The Morgan fingerprint density at radius 3 is 2.77 bits per heavy atom. The molecule has 110 valence electrons. The van der Waals surface area contributed by atoms with Crippen molar-refractivity contribution in [2.24, 2.45) is 0 Å². The number of pyridine rings is 1. The molecule has 4 nitrogen and oxygen atoms in total. The lowest BCUT2D eigenvalue weighted by Crippen LogP contribution is -1.98. The summed E-state index contributed by atoms with van der Waals surface area (Å²) in [5.41, 5.74) is 3.52. The van der Waals surface area contributed by atoms with Gasteiger partial charge in [-0.3, -0.25) is 4.40 Å². The summed E-state index contributed by atoms with van der Waals surface area (Å²) in [5.74, 6) is 0.699. The fourth-order valence-electron chi connectivity index (χ4n) is 2.35. The Bertz CT molecular complexity index is 847. The van der Waals surface area contributed by atoms with E-state index in [4.69, 9.17) is 21.6 Å². The summed E-state index contributed by atoms with van der Waals surface area (Å²) < 4.78 is 7.79. The van der Waals surface area contributed by atoms with Crippen LogP contribution in [0.15, 0.2) is 42.6 Å². The monoisotopic (exact) mass is 311 g/mol. The van der Waals surface area contributed by atoms with E-state index in [1.807, 2.05) is 53.9 Å². The summed E-state index contributed by atoms with van der Waals surface area (Å²) in [6, 6.07) is 13.5. The summed E-state index contributed by atoms with van der Waals surface area (Å²) in [4.78, 5) is 4.52. The molecule has 0 saturated carbocycles. The number of ether oxygens (including phenoxy) is 1. The van der Waals surface area contributed by atoms with Gasteiger partial charge in [-0.05, 0) is 36.8 Å². The van der Waals surface area contributed by atoms with Crippen molar-refractivity contribution in [3.05, 3.63) is 64.6 Å². The lowest BCUT2D eigenvalue weighted by molar-refractivity contribution is 0.308. The van der Waals surface area contributed by atoms with E-state index >= 15 is 0 Å². The Labute approximate surface area is 133 Å². The Morgan fingerprint density at radius 1 is 1.27 bits per heavy atom. The Kier molecular flexibility index (Phi) is 3.99. The fraction of sp³-hybridized carbons (Fsp3) is 0.176. The highest BCUT2D eigenvalue weighted by Gasteiger charge is 2.12. The number of imidazole rings is 1. The van der Waals surface area contributed by atoms with Crippen LogP contribution in [0.25, 0.3) is 5.65 Å². The lowest BCUT2D eigenvalue weighted by Gasteiger charge is -2.08. The minimum atomic E-state index is 0.327. The van der Waals surface area contributed by atoms with Crippen LogP contribution in [-0.4, -0.2) is 9.38 Å². The molecule has 5 heteroatoms. The maximum atomic E-state index is 8.93. The molecule has 0 N–H and O–H groups in total. The zero-order chi connectivity index (χ0) is 15.5.